The van der Waals surface area contributed by atoms with Crippen LogP contribution in [0, 0.1) is 11.3 Å². The summed E-state index contributed by atoms with van der Waals surface area (Å²) in [7, 11) is 0. The summed E-state index contributed by atoms with van der Waals surface area (Å²) in [5.74, 6) is 1.03. The van der Waals surface area contributed by atoms with Crippen molar-refractivity contribution in [3.05, 3.63) is 0 Å². The van der Waals surface area contributed by atoms with Crippen LogP contribution in [0.3, 0.4) is 0 Å². The van der Waals surface area contributed by atoms with E-state index in [1.54, 1.807) is 0 Å². The zero-order chi connectivity index (χ0) is 12.7. The van der Waals surface area contributed by atoms with Crippen molar-refractivity contribution in [1.82, 2.24) is 5.32 Å². The maximum absolute atomic E-state index is 3.76. The lowest BCUT2D eigenvalue weighted by atomic mass is 9.63. The molecule has 2 saturated carbocycles. The lowest BCUT2D eigenvalue weighted by Gasteiger charge is -2.44. The molecule has 2 rings (SSSR count). The third kappa shape index (κ3) is 3.73. The fraction of sp³-hybridized carbons (Fsp3) is 1.00. The second kappa shape index (κ2) is 7.53. The van der Waals surface area contributed by atoms with Gasteiger partial charge in [0.05, 0.1) is 0 Å². The summed E-state index contributed by atoms with van der Waals surface area (Å²) in [4.78, 5) is 0. The van der Waals surface area contributed by atoms with Gasteiger partial charge in [0.25, 0.3) is 0 Å². The zero-order valence-corrected chi connectivity index (χ0v) is 12.5. The van der Waals surface area contributed by atoms with Crippen LogP contribution in [-0.4, -0.2) is 13.1 Å². The van der Waals surface area contributed by atoms with Crippen LogP contribution >= 0.6 is 0 Å². The van der Waals surface area contributed by atoms with Crippen molar-refractivity contribution < 1.29 is 0 Å². The third-order valence-corrected chi connectivity index (χ3v) is 5.47. The Labute approximate surface area is 114 Å². The standard InChI is InChI=1S/C17H33N/c1-2-14-18-15-17(12-8-5-9-13-17)16-10-6-3-4-7-11-16/h16,18H,2-15H2,1H3. The van der Waals surface area contributed by atoms with Crippen LogP contribution < -0.4 is 5.32 Å². The highest BCUT2D eigenvalue weighted by Crippen LogP contribution is 2.47. The molecule has 0 atom stereocenters. The first kappa shape index (κ1) is 14.4. The van der Waals surface area contributed by atoms with E-state index in [1.165, 1.54) is 90.1 Å². The minimum atomic E-state index is 0.678. The molecule has 0 amide bonds. The summed E-state index contributed by atoms with van der Waals surface area (Å²) in [5.41, 5.74) is 0.678. The quantitative estimate of drug-likeness (QED) is 0.541. The molecule has 0 aromatic heterocycles. The monoisotopic (exact) mass is 251 g/mol. The van der Waals surface area contributed by atoms with Crippen LogP contribution in [0.4, 0.5) is 0 Å². The summed E-state index contributed by atoms with van der Waals surface area (Å²) >= 11 is 0. The van der Waals surface area contributed by atoms with E-state index in [-0.39, 0.29) is 0 Å². The molecule has 2 aliphatic rings. The maximum atomic E-state index is 3.76. The van der Waals surface area contributed by atoms with Gasteiger partial charge >= 0.3 is 0 Å². The Morgan fingerprint density at radius 2 is 1.50 bits per heavy atom. The summed E-state index contributed by atoms with van der Waals surface area (Å²) in [5, 5.41) is 3.76. The van der Waals surface area contributed by atoms with Crippen molar-refractivity contribution >= 4 is 0 Å². The van der Waals surface area contributed by atoms with Gasteiger partial charge in [-0.25, -0.2) is 0 Å². The molecule has 0 spiro atoms. The Hall–Kier alpha value is -0.0400. The van der Waals surface area contributed by atoms with E-state index in [9.17, 15) is 0 Å². The molecule has 0 saturated heterocycles. The van der Waals surface area contributed by atoms with Gasteiger partial charge in [0.15, 0.2) is 0 Å². The van der Waals surface area contributed by atoms with E-state index in [0.29, 0.717) is 5.41 Å². The highest BCUT2D eigenvalue weighted by atomic mass is 14.9. The first-order valence-corrected chi connectivity index (χ1v) is 8.58. The molecule has 0 unspecified atom stereocenters. The number of hydrogen-bond acceptors (Lipinski definition) is 1. The minimum absolute atomic E-state index is 0.678. The molecule has 0 aromatic carbocycles. The predicted octanol–water partition coefficient (Wildman–Crippen LogP) is 4.91. The van der Waals surface area contributed by atoms with Gasteiger partial charge in [-0.15, -0.1) is 0 Å². The normalized spacial score (nSPS) is 25.8. The van der Waals surface area contributed by atoms with Crippen LogP contribution in [0.15, 0.2) is 0 Å². The molecular formula is C17H33N. The summed E-state index contributed by atoms with van der Waals surface area (Å²) in [6.07, 6.45) is 17.8. The Kier molecular flexibility index (Phi) is 6.01. The fourth-order valence-corrected chi connectivity index (χ4v) is 4.39. The van der Waals surface area contributed by atoms with E-state index in [1.807, 2.05) is 0 Å². The Bertz CT molecular complexity index is 210. The van der Waals surface area contributed by atoms with Gasteiger partial charge in [0.1, 0.15) is 0 Å². The van der Waals surface area contributed by atoms with Gasteiger partial charge in [-0.2, -0.15) is 0 Å². The molecule has 1 heteroatoms. The molecule has 1 N–H and O–H groups in total. The Balaban J connectivity index is 1.97. The molecule has 18 heavy (non-hydrogen) atoms. The summed E-state index contributed by atoms with van der Waals surface area (Å²) < 4.78 is 0. The highest BCUT2D eigenvalue weighted by Gasteiger charge is 2.38. The molecule has 0 heterocycles. The van der Waals surface area contributed by atoms with E-state index in [2.05, 4.69) is 12.2 Å². The minimum Gasteiger partial charge on any atom is -0.316 e. The summed E-state index contributed by atoms with van der Waals surface area (Å²) in [6, 6.07) is 0. The Morgan fingerprint density at radius 3 is 2.11 bits per heavy atom. The van der Waals surface area contributed by atoms with E-state index in [0.717, 1.165) is 5.92 Å². The number of rotatable bonds is 5. The third-order valence-electron chi connectivity index (χ3n) is 5.47. The maximum Gasteiger partial charge on any atom is 0.00105 e. The largest absolute Gasteiger partial charge is 0.316 e. The van der Waals surface area contributed by atoms with Crippen LogP contribution in [0.5, 0.6) is 0 Å². The number of hydrogen-bond donors (Lipinski definition) is 1. The first-order valence-electron chi connectivity index (χ1n) is 8.58. The molecule has 2 fully saturated rings. The van der Waals surface area contributed by atoms with Crippen LogP contribution in [0.25, 0.3) is 0 Å². The van der Waals surface area contributed by atoms with Gasteiger partial charge in [0, 0.05) is 6.54 Å². The van der Waals surface area contributed by atoms with Crippen LogP contribution in [0.1, 0.15) is 84.0 Å². The molecule has 0 radical (unpaired) electrons. The van der Waals surface area contributed by atoms with Crippen molar-refractivity contribution in [2.75, 3.05) is 13.1 Å². The van der Waals surface area contributed by atoms with Crippen LogP contribution in [0.2, 0.25) is 0 Å². The van der Waals surface area contributed by atoms with Gasteiger partial charge < -0.3 is 5.32 Å². The Morgan fingerprint density at radius 1 is 0.889 bits per heavy atom. The zero-order valence-electron chi connectivity index (χ0n) is 12.5. The molecule has 0 aliphatic heterocycles. The fourth-order valence-electron chi connectivity index (χ4n) is 4.39. The molecular weight excluding hydrogens is 218 g/mol. The van der Waals surface area contributed by atoms with Gasteiger partial charge in [-0.05, 0) is 50.0 Å². The number of nitrogens with one attached hydrogen (secondary N) is 1. The summed E-state index contributed by atoms with van der Waals surface area (Å²) in [6.45, 7) is 4.81. The van der Waals surface area contributed by atoms with Crippen molar-refractivity contribution in [2.24, 2.45) is 11.3 Å². The molecule has 106 valence electrons. The molecule has 2 aliphatic carbocycles. The molecule has 1 nitrogen and oxygen atoms in total. The average Bonchev–Trinajstić information content (AvgIpc) is 2.69. The van der Waals surface area contributed by atoms with Gasteiger partial charge in [0.2, 0.25) is 0 Å². The van der Waals surface area contributed by atoms with Crippen molar-refractivity contribution in [3.63, 3.8) is 0 Å². The SMILES string of the molecule is CCCNCC1(C2CCCCCC2)CCCCC1. The second-order valence-electron chi connectivity index (χ2n) is 6.79. The highest BCUT2D eigenvalue weighted by molar-refractivity contribution is 4.91. The van der Waals surface area contributed by atoms with Crippen LogP contribution in [-0.2, 0) is 0 Å². The van der Waals surface area contributed by atoms with Crippen molar-refractivity contribution in [2.45, 2.75) is 84.0 Å². The van der Waals surface area contributed by atoms with E-state index >= 15 is 0 Å². The molecule has 0 bridgehead atoms. The first-order chi connectivity index (χ1) is 8.87. The van der Waals surface area contributed by atoms with Gasteiger partial charge in [-0.1, -0.05) is 51.9 Å². The van der Waals surface area contributed by atoms with Crippen molar-refractivity contribution in [3.8, 4) is 0 Å². The lowest BCUT2D eigenvalue weighted by molar-refractivity contribution is 0.0822. The smallest absolute Gasteiger partial charge is 0.00105 e. The predicted molar refractivity (Wildman–Crippen MR) is 79.9 cm³/mol. The second-order valence-corrected chi connectivity index (χ2v) is 6.79. The topological polar surface area (TPSA) is 12.0 Å². The van der Waals surface area contributed by atoms with Crippen molar-refractivity contribution in [1.29, 1.82) is 0 Å². The van der Waals surface area contributed by atoms with E-state index in [4.69, 9.17) is 0 Å². The average molecular weight is 251 g/mol. The molecule has 0 aromatic rings. The lowest BCUT2D eigenvalue weighted by Crippen LogP contribution is -2.42. The van der Waals surface area contributed by atoms with Gasteiger partial charge in [-0.3, -0.25) is 0 Å². The van der Waals surface area contributed by atoms with E-state index < -0.39 is 0 Å².